The number of carbonyl (C=O) groups is 6. The van der Waals surface area contributed by atoms with Gasteiger partial charge in [0, 0.05) is 30.1 Å². The number of hydrogen-bond donors (Lipinski definition) is 10. The number of nitrogens with one attached hydrogen (secondary N) is 4. The van der Waals surface area contributed by atoms with E-state index in [2.05, 4.69) is 25.9 Å². The number of hydrogen-bond acceptors (Lipinski definition) is 8. The lowest BCUT2D eigenvalue weighted by molar-refractivity contribution is -0.142. The largest absolute Gasteiger partial charge is 0.480 e. The Hall–Kier alpha value is -5.19. The zero-order valence-corrected chi connectivity index (χ0v) is 22.7. The number of aliphatic imine (C=N–C) groups is 1. The molecule has 17 heteroatoms. The second kappa shape index (κ2) is 15.6. The number of rotatable bonds is 17. The average molecular weight is 589 g/mol. The molecule has 5 amide bonds. The summed E-state index contributed by atoms with van der Waals surface area (Å²) in [6.07, 6.45) is 0.552. The van der Waals surface area contributed by atoms with Crippen LogP contribution in [0.1, 0.15) is 31.2 Å². The number of aliphatic carboxylic acids is 1. The first-order valence-electron chi connectivity index (χ1n) is 12.8. The highest BCUT2D eigenvalue weighted by atomic mass is 16.4. The Morgan fingerprint density at radius 2 is 1.43 bits per heavy atom. The number of nitrogens with zero attached hydrogens (tertiary/aromatic N) is 1. The number of para-hydroxylation sites is 1. The van der Waals surface area contributed by atoms with Crippen molar-refractivity contribution in [2.45, 2.75) is 56.3 Å². The Balaban J connectivity index is 2.31. The molecule has 1 heterocycles. The lowest BCUT2D eigenvalue weighted by Crippen LogP contribution is -2.58. The molecule has 2 aromatic rings. The van der Waals surface area contributed by atoms with E-state index in [1.807, 2.05) is 0 Å². The second-order valence-corrected chi connectivity index (χ2v) is 9.48. The van der Waals surface area contributed by atoms with E-state index in [0.717, 1.165) is 10.9 Å². The molecule has 1 aromatic heterocycles. The molecule has 0 saturated carbocycles. The fraction of sp³-hybridized carbons (Fsp3) is 0.400. The minimum Gasteiger partial charge on any atom is -0.480 e. The molecule has 0 saturated heterocycles. The van der Waals surface area contributed by atoms with Crippen LogP contribution in [0.25, 0.3) is 10.9 Å². The van der Waals surface area contributed by atoms with E-state index in [-0.39, 0.29) is 31.8 Å². The van der Waals surface area contributed by atoms with Crippen molar-refractivity contribution in [2.24, 2.45) is 33.7 Å². The van der Waals surface area contributed by atoms with Crippen LogP contribution in [0.4, 0.5) is 0 Å². The number of benzene rings is 1. The second-order valence-electron chi connectivity index (χ2n) is 9.48. The molecule has 228 valence electrons. The number of aromatic nitrogens is 1. The predicted molar refractivity (Wildman–Crippen MR) is 151 cm³/mol. The summed E-state index contributed by atoms with van der Waals surface area (Å²) in [6.45, 7) is 0.129. The summed E-state index contributed by atoms with van der Waals surface area (Å²) in [5.74, 6) is -6.10. The van der Waals surface area contributed by atoms with E-state index in [4.69, 9.17) is 28.7 Å². The van der Waals surface area contributed by atoms with Crippen LogP contribution in [0, 0.1) is 0 Å². The number of aromatic amines is 1. The van der Waals surface area contributed by atoms with E-state index in [0.29, 0.717) is 5.56 Å². The van der Waals surface area contributed by atoms with Gasteiger partial charge in [0.1, 0.15) is 18.1 Å². The maximum absolute atomic E-state index is 13.4. The minimum absolute atomic E-state index is 0.0241. The van der Waals surface area contributed by atoms with Crippen LogP contribution in [0.15, 0.2) is 35.5 Å². The van der Waals surface area contributed by atoms with E-state index < -0.39 is 72.5 Å². The molecule has 0 spiro atoms. The number of guanidine groups is 1. The molecule has 42 heavy (non-hydrogen) atoms. The third-order valence-electron chi connectivity index (χ3n) is 6.09. The Morgan fingerprint density at radius 3 is 2.05 bits per heavy atom. The molecule has 15 N–H and O–H groups in total. The number of carbonyl (C=O) groups excluding carboxylic acids is 5. The van der Waals surface area contributed by atoms with Gasteiger partial charge < -0.3 is 54.7 Å². The standard InChI is InChI=1S/C25H36N10O7/c26-14(9-19(27)36)21(38)34-18(10-20(28)37)23(40)35-17(8-12-11-32-15-5-2-1-4-13(12)15)22(39)33-16(24(41)42)6-3-7-31-25(29)30/h1-2,4-5,11,14,16-18,32H,3,6-10,26H2,(H2,27,36)(H2,28,37)(H,33,39)(H,34,38)(H,35,40)(H,41,42)(H4,29,30,31). The SMILES string of the molecule is NC(=O)CC(N)C(=O)NC(CC(N)=O)C(=O)NC(Cc1c[nH]c2ccccc12)C(=O)NC(CCCN=C(N)N)C(=O)O. The topological polar surface area (TPSA) is 317 Å². The number of primary amides is 2. The van der Waals surface area contributed by atoms with Gasteiger partial charge in [-0.2, -0.15) is 0 Å². The van der Waals surface area contributed by atoms with Crippen molar-refractivity contribution < 1.29 is 33.9 Å². The van der Waals surface area contributed by atoms with E-state index in [1.165, 1.54) is 0 Å². The average Bonchev–Trinajstić information content (AvgIpc) is 3.31. The van der Waals surface area contributed by atoms with Gasteiger partial charge in [0.2, 0.25) is 29.5 Å². The van der Waals surface area contributed by atoms with Gasteiger partial charge in [-0.25, -0.2) is 4.79 Å². The summed E-state index contributed by atoms with van der Waals surface area (Å²) < 4.78 is 0. The zero-order chi connectivity index (χ0) is 31.4. The van der Waals surface area contributed by atoms with Gasteiger partial charge in [-0.15, -0.1) is 0 Å². The summed E-state index contributed by atoms with van der Waals surface area (Å²) in [7, 11) is 0. The molecule has 0 aliphatic heterocycles. The molecule has 0 radical (unpaired) electrons. The maximum atomic E-state index is 13.4. The minimum atomic E-state index is -1.57. The number of fused-ring (bicyclic) bond motifs is 1. The van der Waals surface area contributed by atoms with Crippen LogP contribution in [-0.2, 0) is 35.2 Å². The highest BCUT2D eigenvalue weighted by Crippen LogP contribution is 2.19. The van der Waals surface area contributed by atoms with Crippen molar-refractivity contribution in [1.29, 1.82) is 0 Å². The van der Waals surface area contributed by atoms with E-state index in [1.54, 1.807) is 30.5 Å². The van der Waals surface area contributed by atoms with Crippen LogP contribution in [0.5, 0.6) is 0 Å². The van der Waals surface area contributed by atoms with Crippen molar-refractivity contribution in [3.8, 4) is 0 Å². The summed E-state index contributed by atoms with van der Waals surface area (Å²) in [5, 5.41) is 17.5. The van der Waals surface area contributed by atoms with Gasteiger partial charge in [0.15, 0.2) is 5.96 Å². The Kier molecular flexibility index (Phi) is 12.2. The Labute approximate surface area is 240 Å². The van der Waals surface area contributed by atoms with E-state index >= 15 is 0 Å². The summed E-state index contributed by atoms with van der Waals surface area (Å²) in [6, 6.07) is 1.49. The van der Waals surface area contributed by atoms with Gasteiger partial charge >= 0.3 is 5.97 Å². The molecule has 2 rings (SSSR count). The van der Waals surface area contributed by atoms with Crippen molar-refractivity contribution in [3.63, 3.8) is 0 Å². The number of nitrogens with two attached hydrogens (primary N) is 5. The van der Waals surface area contributed by atoms with Gasteiger partial charge in [-0.3, -0.25) is 29.0 Å². The smallest absolute Gasteiger partial charge is 0.326 e. The quantitative estimate of drug-likeness (QED) is 0.0491. The summed E-state index contributed by atoms with van der Waals surface area (Å²) in [4.78, 5) is 80.5. The molecule has 0 fully saturated rings. The Bertz CT molecular complexity index is 1340. The third-order valence-corrected chi connectivity index (χ3v) is 6.09. The fourth-order valence-electron chi connectivity index (χ4n) is 4.03. The predicted octanol–water partition coefficient (Wildman–Crippen LogP) is -3.62. The van der Waals surface area contributed by atoms with Crippen molar-refractivity contribution in [3.05, 3.63) is 36.0 Å². The lowest BCUT2D eigenvalue weighted by atomic mass is 10.0. The monoisotopic (exact) mass is 588 g/mol. The van der Waals surface area contributed by atoms with Crippen LogP contribution in [0.3, 0.4) is 0 Å². The fourth-order valence-corrected chi connectivity index (χ4v) is 4.03. The summed E-state index contributed by atoms with van der Waals surface area (Å²) in [5.41, 5.74) is 27.9. The first-order chi connectivity index (χ1) is 19.8. The first kappa shape index (κ1) is 33.0. The molecule has 4 atom stereocenters. The van der Waals surface area contributed by atoms with Crippen LogP contribution in [-0.4, -0.2) is 82.3 Å². The highest BCUT2D eigenvalue weighted by molar-refractivity contribution is 5.97. The Morgan fingerprint density at radius 1 is 0.833 bits per heavy atom. The first-order valence-corrected chi connectivity index (χ1v) is 12.8. The van der Waals surface area contributed by atoms with Crippen LogP contribution in [0.2, 0.25) is 0 Å². The highest BCUT2D eigenvalue weighted by Gasteiger charge is 2.32. The van der Waals surface area contributed by atoms with Crippen molar-refractivity contribution in [1.82, 2.24) is 20.9 Å². The molecule has 0 aliphatic carbocycles. The van der Waals surface area contributed by atoms with Crippen LogP contribution < -0.4 is 44.6 Å². The molecule has 0 aliphatic rings. The number of amides is 5. The normalized spacial score (nSPS) is 13.6. The zero-order valence-electron chi connectivity index (χ0n) is 22.7. The molecular formula is C25H36N10O7. The van der Waals surface area contributed by atoms with Crippen molar-refractivity contribution in [2.75, 3.05) is 6.54 Å². The lowest BCUT2D eigenvalue weighted by Gasteiger charge is -2.25. The number of carboxylic acids is 1. The van der Waals surface area contributed by atoms with Gasteiger partial charge in [0.25, 0.3) is 0 Å². The molecule has 1 aromatic carbocycles. The third kappa shape index (κ3) is 10.4. The molecule has 4 unspecified atom stereocenters. The molecule has 17 nitrogen and oxygen atoms in total. The van der Waals surface area contributed by atoms with Gasteiger partial charge in [0.05, 0.1) is 18.9 Å². The summed E-state index contributed by atoms with van der Waals surface area (Å²) >= 11 is 0. The van der Waals surface area contributed by atoms with Crippen molar-refractivity contribution >= 4 is 52.4 Å². The number of H-pyrrole nitrogens is 1. The maximum Gasteiger partial charge on any atom is 0.326 e. The molecule has 0 bridgehead atoms. The van der Waals surface area contributed by atoms with Gasteiger partial charge in [-0.1, -0.05) is 18.2 Å². The van der Waals surface area contributed by atoms with Crippen LogP contribution >= 0.6 is 0 Å². The molecular weight excluding hydrogens is 552 g/mol. The van der Waals surface area contributed by atoms with E-state index in [9.17, 15) is 33.9 Å². The number of carboxylic acid groups (broad SMARTS) is 1. The van der Waals surface area contributed by atoms with Gasteiger partial charge in [-0.05, 0) is 24.5 Å².